The van der Waals surface area contributed by atoms with E-state index in [0.29, 0.717) is 0 Å². The second-order valence-electron chi connectivity index (χ2n) is 5.92. The summed E-state index contributed by atoms with van der Waals surface area (Å²) in [5.41, 5.74) is 1.29. The molecule has 0 spiro atoms. The van der Waals surface area contributed by atoms with E-state index in [4.69, 9.17) is 0 Å². The number of rotatable bonds is 1. The summed E-state index contributed by atoms with van der Waals surface area (Å²) >= 11 is 1.78. The molecule has 0 aromatic carbocycles. The van der Waals surface area contributed by atoms with Crippen LogP contribution in [0, 0.1) is 0 Å². The molecule has 2 fully saturated rings. The van der Waals surface area contributed by atoms with Crippen LogP contribution in [-0.2, 0) is 16.0 Å². The number of thiophene rings is 1. The highest BCUT2D eigenvalue weighted by molar-refractivity contribution is 7.10. The van der Waals surface area contributed by atoms with Gasteiger partial charge in [0, 0.05) is 11.4 Å². The van der Waals surface area contributed by atoms with Crippen molar-refractivity contribution in [3.05, 3.63) is 21.9 Å². The van der Waals surface area contributed by atoms with Crippen LogP contribution in [0.5, 0.6) is 0 Å². The van der Waals surface area contributed by atoms with E-state index in [0.717, 1.165) is 38.6 Å². The molecule has 3 aliphatic rings. The van der Waals surface area contributed by atoms with Crippen LogP contribution in [0.1, 0.15) is 42.2 Å². The summed E-state index contributed by atoms with van der Waals surface area (Å²) in [4.78, 5) is 30.0. The van der Waals surface area contributed by atoms with Crippen molar-refractivity contribution >= 4 is 23.2 Å². The van der Waals surface area contributed by atoms with E-state index >= 15 is 0 Å². The Bertz CT molecular complexity index is 568. The van der Waals surface area contributed by atoms with E-state index in [1.54, 1.807) is 16.2 Å². The summed E-state index contributed by atoms with van der Waals surface area (Å²) in [5.74, 6) is 0.306. The summed E-state index contributed by atoms with van der Waals surface area (Å²) in [6, 6.07) is 2.09. The molecule has 1 aromatic heterocycles. The molecular formula is C15H18N2O2S. The largest absolute Gasteiger partial charge is 0.329 e. The van der Waals surface area contributed by atoms with Crippen molar-refractivity contribution in [2.75, 3.05) is 13.1 Å². The van der Waals surface area contributed by atoms with Crippen LogP contribution in [0.2, 0.25) is 0 Å². The molecule has 5 heteroatoms. The summed E-state index contributed by atoms with van der Waals surface area (Å²) < 4.78 is 0. The number of hydrogen-bond donors (Lipinski definition) is 0. The topological polar surface area (TPSA) is 40.6 Å². The van der Waals surface area contributed by atoms with Gasteiger partial charge in [0.25, 0.3) is 0 Å². The van der Waals surface area contributed by atoms with E-state index in [1.807, 2.05) is 4.90 Å². The van der Waals surface area contributed by atoms with Gasteiger partial charge in [-0.25, -0.2) is 0 Å². The van der Waals surface area contributed by atoms with E-state index in [-0.39, 0.29) is 30.4 Å². The zero-order valence-corrected chi connectivity index (χ0v) is 12.2. The van der Waals surface area contributed by atoms with Gasteiger partial charge in [-0.05, 0) is 49.1 Å². The van der Waals surface area contributed by atoms with Gasteiger partial charge in [0.1, 0.15) is 12.6 Å². The van der Waals surface area contributed by atoms with Crippen molar-refractivity contribution in [2.24, 2.45) is 0 Å². The fraction of sp³-hybridized carbons (Fsp3) is 0.600. The van der Waals surface area contributed by atoms with E-state index in [2.05, 4.69) is 11.4 Å². The maximum Gasteiger partial charge on any atom is 0.246 e. The molecule has 3 heterocycles. The molecule has 4 rings (SSSR count). The molecule has 0 saturated carbocycles. The van der Waals surface area contributed by atoms with Crippen LogP contribution in [0.4, 0.5) is 0 Å². The predicted octanol–water partition coefficient (Wildman–Crippen LogP) is 1.96. The minimum Gasteiger partial charge on any atom is -0.329 e. The summed E-state index contributed by atoms with van der Waals surface area (Å²) in [5, 5.41) is 2.11. The molecule has 1 aliphatic carbocycles. The average molecular weight is 290 g/mol. The molecule has 20 heavy (non-hydrogen) atoms. The second-order valence-corrected chi connectivity index (χ2v) is 6.92. The fourth-order valence-electron chi connectivity index (χ4n) is 3.88. The lowest BCUT2D eigenvalue weighted by molar-refractivity contribution is -0.156. The Balaban J connectivity index is 1.66. The molecule has 2 saturated heterocycles. The Kier molecular flexibility index (Phi) is 2.84. The second kappa shape index (κ2) is 4.58. The number of nitrogens with zero attached hydrogens (tertiary/aromatic N) is 2. The number of amides is 2. The third-order valence-electron chi connectivity index (χ3n) is 4.84. The Labute approximate surface area is 122 Å². The summed E-state index contributed by atoms with van der Waals surface area (Å²) in [6.45, 7) is 1.03. The monoisotopic (exact) mass is 290 g/mol. The van der Waals surface area contributed by atoms with Crippen LogP contribution in [-0.4, -0.2) is 40.7 Å². The number of carbonyl (C=O) groups excluding carboxylic acids is 2. The third kappa shape index (κ3) is 1.72. The fourth-order valence-corrected chi connectivity index (χ4v) is 4.86. The van der Waals surface area contributed by atoms with Crippen molar-refractivity contribution in [1.82, 2.24) is 9.80 Å². The summed E-state index contributed by atoms with van der Waals surface area (Å²) in [6.07, 6.45) is 5.03. The summed E-state index contributed by atoms with van der Waals surface area (Å²) in [7, 11) is 0. The van der Waals surface area contributed by atoms with Gasteiger partial charge in [-0.3, -0.25) is 9.59 Å². The van der Waals surface area contributed by atoms with Crippen LogP contribution in [0.3, 0.4) is 0 Å². The van der Waals surface area contributed by atoms with Crippen molar-refractivity contribution in [2.45, 2.75) is 44.2 Å². The Hall–Kier alpha value is -1.36. The maximum atomic E-state index is 12.7. The van der Waals surface area contributed by atoms with Crippen molar-refractivity contribution in [1.29, 1.82) is 0 Å². The number of hydrogen-bond acceptors (Lipinski definition) is 3. The van der Waals surface area contributed by atoms with Gasteiger partial charge >= 0.3 is 0 Å². The van der Waals surface area contributed by atoms with E-state index in [9.17, 15) is 9.59 Å². The van der Waals surface area contributed by atoms with Gasteiger partial charge in [-0.2, -0.15) is 0 Å². The SMILES string of the molecule is O=C1CN(C2CCCc3sccc32)C(=O)C2CCCN12. The quantitative estimate of drug-likeness (QED) is 0.793. The highest BCUT2D eigenvalue weighted by Crippen LogP contribution is 2.39. The van der Waals surface area contributed by atoms with E-state index in [1.165, 1.54) is 10.4 Å². The standard InChI is InChI=1S/C15H18N2O2S/c18-14-9-17(15(19)12-4-2-7-16(12)14)11-3-1-5-13-10(11)6-8-20-13/h6,8,11-12H,1-5,7,9H2. The van der Waals surface area contributed by atoms with Gasteiger partial charge in [-0.1, -0.05) is 0 Å². The zero-order chi connectivity index (χ0) is 13.7. The van der Waals surface area contributed by atoms with Crippen molar-refractivity contribution in [3.8, 4) is 0 Å². The van der Waals surface area contributed by atoms with Crippen LogP contribution in [0.15, 0.2) is 11.4 Å². The van der Waals surface area contributed by atoms with Gasteiger partial charge in [-0.15, -0.1) is 11.3 Å². The smallest absolute Gasteiger partial charge is 0.246 e. The van der Waals surface area contributed by atoms with Crippen molar-refractivity contribution in [3.63, 3.8) is 0 Å². The van der Waals surface area contributed by atoms with Gasteiger partial charge in [0.15, 0.2) is 0 Å². The Morgan fingerprint density at radius 3 is 2.85 bits per heavy atom. The molecule has 2 amide bonds. The molecule has 4 nitrogen and oxygen atoms in total. The normalized spacial score (nSPS) is 29.6. The molecule has 0 radical (unpaired) electrons. The van der Waals surface area contributed by atoms with Crippen LogP contribution >= 0.6 is 11.3 Å². The third-order valence-corrected chi connectivity index (χ3v) is 5.84. The molecule has 2 unspecified atom stereocenters. The lowest BCUT2D eigenvalue weighted by atomic mass is 9.91. The van der Waals surface area contributed by atoms with Crippen LogP contribution < -0.4 is 0 Å². The number of piperazine rings is 1. The van der Waals surface area contributed by atoms with Crippen molar-refractivity contribution < 1.29 is 9.59 Å². The Morgan fingerprint density at radius 2 is 1.95 bits per heavy atom. The maximum absolute atomic E-state index is 12.7. The first kappa shape index (κ1) is 12.4. The molecule has 2 aliphatic heterocycles. The number of aryl methyl sites for hydroxylation is 1. The lowest BCUT2D eigenvalue weighted by Gasteiger charge is -2.42. The molecule has 2 atom stereocenters. The number of carbonyl (C=O) groups is 2. The lowest BCUT2D eigenvalue weighted by Crippen LogP contribution is -2.58. The molecular weight excluding hydrogens is 272 g/mol. The molecule has 0 bridgehead atoms. The van der Waals surface area contributed by atoms with Gasteiger partial charge in [0.2, 0.25) is 11.8 Å². The first-order valence-corrected chi connectivity index (χ1v) is 8.30. The van der Waals surface area contributed by atoms with Gasteiger partial charge in [0.05, 0.1) is 6.04 Å². The minimum absolute atomic E-state index is 0.129. The Morgan fingerprint density at radius 1 is 1.10 bits per heavy atom. The first-order chi connectivity index (χ1) is 9.75. The molecule has 106 valence electrons. The molecule has 1 aromatic rings. The minimum atomic E-state index is -0.180. The zero-order valence-electron chi connectivity index (χ0n) is 11.4. The predicted molar refractivity (Wildman–Crippen MR) is 76.4 cm³/mol. The highest BCUT2D eigenvalue weighted by Gasteiger charge is 2.44. The highest BCUT2D eigenvalue weighted by atomic mass is 32.1. The molecule has 0 N–H and O–H groups in total. The first-order valence-electron chi connectivity index (χ1n) is 7.42. The van der Waals surface area contributed by atoms with Gasteiger partial charge < -0.3 is 9.80 Å². The average Bonchev–Trinajstić information content (AvgIpc) is 3.10. The number of fused-ring (bicyclic) bond motifs is 2. The van der Waals surface area contributed by atoms with E-state index < -0.39 is 0 Å². The van der Waals surface area contributed by atoms with Crippen LogP contribution in [0.25, 0.3) is 0 Å².